The molecule has 0 N–H and O–H groups in total. The van der Waals surface area contributed by atoms with Gasteiger partial charge in [0.25, 0.3) is 0 Å². The van der Waals surface area contributed by atoms with Crippen molar-refractivity contribution in [1.82, 2.24) is 0 Å². The van der Waals surface area contributed by atoms with Crippen molar-refractivity contribution in [2.45, 2.75) is 118 Å². The van der Waals surface area contributed by atoms with Crippen LogP contribution >= 0.6 is 11.8 Å². The Morgan fingerprint density at radius 2 is 1.23 bits per heavy atom. The van der Waals surface area contributed by atoms with Crippen molar-refractivity contribution < 1.29 is 4.74 Å². The maximum atomic E-state index is 5.56. The smallest absolute Gasteiger partial charge is 0.0518 e. The first-order valence-electron chi connectivity index (χ1n) is 11.1. The quantitative estimate of drug-likeness (QED) is 0.187. The van der Waals surface area contributed by atoms with Gasteiger partial charge in [0.2, 0.25) is 0 Å². The summed E-state index contributed by atoms with van der Waals surface area (Å²) in [7, 11) is 0. The molecule has 0 aliphatic carbocycles. The molecule has 0 rings (SSSR count). The normalized spacial score (nSPS) is 11.6. The molecular formula is C24H46OS. The number of hydrogen-bond donors (Lipinski definition) is 0. The molecule has 0 spiro atoms. The summed E-state index contributed by atoms with van der Waals surface area (Å²) in [6.45, 7) is 11.7. The Kier molecular flexibility index (Phi) is 18.2. The molecule has 0 heterocycles. The van der Waals surface area contributed by atoms with Crippen LogP contribution in [0.2, 0.25) is 0 Å². The van der Waals surface area contributed by atoms with E-state index in [1.807, 2.05) is 0 Å². The van der Waals surface area contributed by atoms with Crippen LogP contribution in [-0.4, -0.2) is 24.2 Å². The van der Waals surface area contributed by atoms with E-state index in [1.165, 1.54) is 82.1 Å². The Labute approximate surface area is 169 Å². The molecule has 1 nitrogen and oxygen atoms in total. The number of rotatable bonds is 17. The van der Waals surface area contributed by atoms with Gasteiger partial charge in [0, 0.05) is 18.4 Å². The Bertz CT molecular complexity index is 345. The molecule has 0 fully saturated rings. The predicted octanol–water partition coefficient (Wildman–Crippen LogP) is 7.88. The number of ether oxygens (including phenoxy) is 1. The van der Waals surface area contributed by atoms with Gasteiger partial charge in [-0.05, 0) is 65.4 Å². The van der Waals surface area contributed by atoms with Crippen molar-refractivity contribution in [3.8, 4) is 11.8 Å². The third-order valence-electron chi connectivity index (χ3n) is 4.19. The van der Waals surface area contributed by atoms with Gasteiger partial charge in [-0.2, -0.15) is 11.8 Å². The molecule has 0 radical (unpaired) electrons. The first kappa shape index (κ1) is 25.9. The summed E-state index contributed by atoms with van der Waals surface area (Å²) in [6.07, 6.45) is 16.7. The third-order valence-corrected chi connectivity index (χ3v) is 5.34. The second-order valence-corrected chi connectivity index (χ2v) is 9.95. The topological polar surface area (TPSA) is 9.23 Å². The maximum absolute atomic E-state index is 5.56. The first-order chi connectivity index (χ1) is 12.4. The number of unbranched alkanes of at least 4 members (excludes halogenated alkanes) is 10. The fourth-order valence-electron chi connectivity index (χ4n) is 2.74. The van der Waals surface area contributed by atoms with Crippen LogP contribution in [0.1, 0.15) is 112 Å². The lowest BCUT2D eigenvalue weighted by Crippen LogP contribution is -2.04. The minimum absolute atomic E-state index is 0.168. The summed E-state index contributed by atoms with van der Waals surface area (Å²) in [4.78, 5) is 0. The molecule has 0 aliphatic heterocycles. The molecule has 0 aromatic heterocycles. The van der Waals surface area contributed by atoms with Crippen LogP contribution in [0.3, 0.4) is 0 Å². The van der Waals surface area contributed by atoms with Crippen molar-refractivity contribution in [3.05, 3.63) is 0 Å². The van der Waals surface area contributed by atoms with Crippen LogP contribution in [0.5, 0.6) is 0 Å². The zero-order valence-corrected chi connectivity index (χ0v) is 19.3. The number of hydrogen-bond acceptors (Lipinski definition) is 2. The molecule has 0 saturated heterocycles. The van der Waals surface area contributed by atoms with E-state index in [0.29, 0.717) is 6.10 Å². The molecule has 0 saturated carbocycles. The van der Waals surface area contributed by atoms with Gasteiger partial charge < -0.3 is 4.74 Å². The van der Waals surface area contributed by atoms with E-state index >= 15 is 0 Å². The summed E-state index contributed by atoms with van der Waals surface area (Å²) in [6, 6.07) is 0. The lowest BCUT2D eigenvalue weighted by Gasteiger charge is -2.07. The van der Waals surface area contributed by atoms with Crippen molar-refractivity contribution in [1.29, 1.82) is 0 Å². The van der Waals surface area contributed by atoms with E-state index in [9.17, 15) is 0 Å². The van der Waals surface area contributed by atoms with Gasteiger partial charge in [0.15, 0.2) is 0 Å². The molecule has 0 aromatic carbocycles. The zero-order valence-electron chi connectivity index (χ0n) is 18.5. The summed E-state index contributed by atoms with van der Waals surface area (Å²) >= 11 is 2.10. The van der Waals surface area contributed by atoms with Crippen LogP contribution in [0, 0.1) is 17.3 Å². The average Bonchev–Trinajstić information content (AvgIpc) is 2.55. The molecule has 0 bridgehead atoms. The van der Waals surface area contributed by atoms with Crippen LogP contribution in [0.25, 0.3) is 0 Å². The van der Waals surface area contributed by atoms with Gasteiger partial charge in [-0.1, -0.05) is 57.3 Å². The second-order valence-electron chi connectivity index (χ2n) is 8.72. The molecule has 0 amide bonds. The Morgan fingerprint density at radius 1 is 0.731 bits per heavy atom. The van der Waals surface area contributed by atoms with Gasteiger partial charge in [-0.3, -0.25) is 0 Å². The Morgan fingerprint density at radius 3 is 1.77 bits per heavy atom. The van der Waals surface area contributed by atoms with Gasteiger partial charge in [0.05, 0.1) is 6.10 Å². The van der Waals surface area contributed by atoms with Gasteiger partial charge in [-0.15, -0.1) is 5.92 Å². The lowest BCUT2D eigenvalue weighted by molar-refractivity contribution is 0.0800. The lowest BCUT2D eigenvalue weighted by atomic mass is 9.97. The monoisotopic (exact) mass is 382 g/mol. The average molecular weight is 383 g/mol. The van der Waals surface area contributed by atoms with Crippen molar-refractivity contribution in [2.24, 2.45) is 5.41 Å². The highest BCUT2D eigenvalue weighted by Gasteiger charge is 2.02. The minimum atomic E-state index is 0.168. The summed E-state index contributed by atoms with van der Waals surface area (Å²) in [5, 5.41) is 0. The molecule has 26 heavy (non-hydrogen) atoms. The highest BCUT2D eigenvalue weighted by Crippen LogP contribution is 2.14. The van der Waals surface area contributed by atoms with Crippen LogP contribution < -0.4 is 0 Å². The number of thioether (sulfide) groups is 1. The van der Waals surface area contributed by atoms with Crippen LogP contribution in [-0.2, 0) is 4.74 Å². The zero-order chi connectivity index (χ0) is 19.5. The van der Waals surface area contributed by atoms with Crippen LogP contribution in [0.15, 0.2) is 0 Å². The van der Waals surface area contributed by atoms with E-state index in [4.69, 9.17) is 4.74 Å². The predicted molar refractivity (Wildman–Crippen MR) is 121 cm³/mol. The van der Waals surface area contributed by atoms with E-state index in [0.717, 1.165) is 13.0 Å². The fourth-order valence-corrected chi connectivity index (χ4v) is 3.68. The van der Waals surface area contributed by atoms with E-state index < -0.39 is 0 Å². The molecule has 0 aromatic rings. The second kappa shape index (κ2) is 18.2. The van der Waals surface area contributed by atoms with E-state index in [-0.39, 0.29) is 5.41 Å². The molecular weight excluding hydrogens is 336 g/mol. The van der Waals surface area contributed by atoms with E-state index in [1.54, 1.807) is 0 Å². The van der Waals surface area contributed by atoms with Gasteiger partial charge >= 0.3 is 0 Å². The maximum Gasteiger partial charge on any atom is 0.0518 e. The summed E-state index contributed by atoms with van der Waals surface area (Å²) < 4.78 is 5.56. The highest BCUT2D eigenvalue weighted by atomic mass is 32.2. The largest absolute Gasteiger partial charge is 0.379 e. The first-order valence-corrected chi connectivity index (χ1v) is 12.3. The van der Waals surface area contributed by atoms with Crippen molar-refractivity contribution in [2.75, 3.05) is 18.1 Å². The van der Waals surface area contributed by atoms with Crippen molar-refractivity contribution >= 4 is 11.8 Å². The third kappa shape index (κ3) is 23.9. The molecule has 0 aliphatic rings. The Balaban J connectivity index is 3.10. The molecule has 0 unspecified atom stereocenters. The molecule has 0 atom stereocenters. The summed E-state index contributed by atoms with van der Waals surface area (Å²) in [5.74, 6) is 9.23. The van der Waals surface area contributed by atoms with Gasteiger partial charge in [0.1, 0.15) is 0 Å². The van der Waals surface area contributed by atoms with E-state index in [2.05, 4.69) is 58.2 Å². The summed E-state index contributed by atoms with van der Waals surface area (Å²) in [5.41, 5.74) is 0.168. The van der Waals surface area contributed by atoms with Gasteiger partial charge in [-0.25, -0.2) is 0 Å². The highest BCUT2D eigenvalue weighted by molar-refractivity contribution is 7.99. The standard InChI is InChI=1S/C24H46OS/c1-23(2)25-20-18-22-26-21-17-15-13-11-9-7-6-8-10-12-14-16-19-24(3,4)5/h23H,6-15,17-18,20-22H2,1-5H3. The van der Waals surface area contributed by atoms with Crippen molar-refractivity contribution in [3.63, 3.8) is 0 Å². The fraction of sp³-hybridized carbons (Fsp3) is 0.917. The van der Waals surface area contributed by atoms with Crippen LogP contribution in [0.4, 0.5) is 0 Å². The molecule has 2 heteroatoms. The Hall–Kier alpha value is -0.130. The molecule has 154 valence electrons. The minimum Gasteiger partial charge on any atom is -0.379 e. The SMILES string of the molecule is CC(C)OCCCSCCCCCCCCCCCCC#CC(C)(C)C.